The van der Waals surface area contributed by atoms with E-state index in [1.54, 1.807) is 6.92 Å². The number of primary amides is 1. The standard InChI is InChI=1S/C11H19N3O6/c1-2-14(6-8(12)15)11(20)13-7(10(18)19)4-3-5-9(16)17/h7H,2-6H2,1H3,(H2,12,15)(H,13,20)(H,16,17)(H,18,19)/t7-/m1/s1. The summed E-state index contributed by atoms with van der Waals surface area (Å²) < 4.78 is 0. The van der Waals surface area contributed by atoms with Gasteiger partial charge in [0.2, 0.25) is 5.91 Å². The third kappa shape index (κ3) is 7.19. The maximum Gasteiger partial charge on any atom is 0.326 e. The van der Waals surface area contributed by atoms with Crippen molar-refractivity contribution in [1.82, 2.24) is 10.2 Å². The highest BCUT2D eigenvalue weighted by Crippen LogP contribution is 2.03. The summed E-state index contributed by atoms with van der Waals surface area (Å²) in [5.41, 5.74) is 4.97. The first-order valence-corrected chi connectivity index (χ1v) is 6.06. The molecule has 0 fully saturated rings. The van der Waals surface area contributed by atoms with E-state index in [-0.39, 0.29) is 32.4 Å². The van der Waals surface area contributed by atoms with E-state index in [4.69, 9.17) is 15.9 Å². The van der Waals surface area contributed by atoms with Gasteiger partial charge in [-0.05, 0) is 19.8 Å². The first-order valence-electron chi connectivity index (χ1n) is 6.06. The first-order chi connectivity index (χ1) is 9.27. The van der Waals surface area contributed by atoms with Crippen molar-refractivity contribution in [2.24, 2.45) is 5.73 Å². The topological polar surface area (TPSA) is 150 Å². The summed E-state index contributed by atoms with van der Waals surface area (Å²) >= 11 is 0. The average Bonchev–Trinajstić information content (AvgIpc) is 2.33. The van der Waals surface area contributed by atoms with Crippen molar-refractivity contribution in [2.45, 2.75) is 32.2 Å². The van der Waals surface area contributed by atoms with Gasteiger partial charge in [0.1, 0.15) is 12.6 Å². The van der Waals surface area contributed by atoms with E-state index in [1.165, 1.54) is 0 Å². The average molecular weight is 289 g/mol. The van der Waals surface area contributed by atoms with Gasteiger partial charge in [0.05, 0.1) is 0 Å². The van der Waals surface area contributed by atoms with E-state index in [0.29, 0.717) is 0 Å². The summed E-state index contributed by atoms with van der Waals surface area (Å²) in [5, 5.41) is 19.7. The fraction of sp³-hybridized carbons (Fsp3) is 0.636. The fourth-order valence-electron chi connectivity index (χ4n) is 1.47. The fourth-order valence-corrected chi connectivity index (χ4v) is 1.47. The van der Waals surface area contributed by atoms with Gasteiger partial charge in [0.15, 0.2) is 0 Å². The van der Waals surface area contributed by atoms with Crippen molar-refractivity contribution in [2.75, 3.05) is 13.1 Å². The molecule has 1 atom stereocenters. The summed E-state index contributed by atoms with van der Waals surface area (Å²) in [7, 11) is 0. The summed E-state index contributed by atoms with van der Waals surface area (Å²) in [5.74, 6) is -3.01. The highest BCUT2D eigenvalue weighted by molar-refractivity contribution is 5.86. The Labute approximate surface area is 115 Å². The van der Waals surface area contributed by atoms with Gasteiger partial charge >= 0.3 is 18.0 Å². The Hall–Kier alpha value is -2.32. The van der Waals surface area contributed by atoms with Gasteiger partial charge < -0.3 is 26.2 Å². The molecule has 0 aromatic carbocycles. The van der Waals surface area contributed by atoms with Crippen LogP contribution in [0, 0.1) is 0 Å². The molecule has 0 unspecified atom stereocenters. The Morgan fingerprint density at radius 1 is 1.25 bits per heavy atom. The van der Waals surface area contributed by atoms with Crippen LogP contribution in [0.1, 0.15) is 26.2 Å². The second-order valence-corrected chi connectivity index (χ2v) is 4.11. The number of carbonyl (C=O) groups is 4. The Morgan fingerprint density at radius 3 is 2.25 bits per heavy atom. The van der Waals surface area contributed by atoms with Crippen LogP contribution >= 0.6 is 0 Å². The Morgan fingerprint density at radius 2 is 1.85 bits per heavy atom. The van der Waals surface area contributed by atoms with Gasteiger partial charge in [-0.25, -0.2) is 9.59 Å². The normalized spacial score (nSPS) is 11.4. The van der Waals surface area contributed by atoms with Crippen LogP contribution < -0.4 is 11.1 Å². The summed E-state index contributed by atoms with van der Waals surface area (Å²) in [6, 6.07) is -1.93. The zero-order valence-electron chi connectivity index (χ0n) is 11.2. The van der Waals surface area contributed by atoms with Gasteiger partial charge in [0, 0.05) is 13.0 Å². The number of carboxylic acids is 2. The minimum Gasteiger partial charge on any atom is -0.481 e. The number of nitrogens with zero attached hydrogens (tertiary/aromatic N) is 1. The SMILES string of the molecule is CCN(CC(N)=O)C(=O)N[C@H](CCCC(=O)O)C(=O)O. The minimum atomic E-state index is -1.26. The van der Waals surface area contributed by atoms with Crippen LogP contribution in [0.25, 0.3) is 0 Å². The van der Waals surface area contributed by atoms with Gasteiger partial charge in [-0.3, -0.25) is 9.59 Å². The quantitative estimate of drug-likeness (QED) is 0.437. The molecular formula is C11H19N3O6. The number of likely N-dealkylation sites (N-methyl/N-ethyl adjacent to an activating group) is 1. The van der Waals surface area contributed by atoms with Gasteiger partial charge in [-0.15, -0.1) is 0 Å². The maximum atomic E-state index is 11.7. The van der Waals surface area contributed by atoms with E-state index in [2.05, 4.69) is 5.32 Å². The molecule has 9 heteroatoms. The Kier molecular flexibility index (Phi) is 7.71. The molecule has 0 rings (SSSR count). The largest absolute Gasteiger partial charge is 0.481 e. The second-order valence-electron chi connectivity index (χ2n) is 4.11. The molecule has 3 amide bonds. The molecule has 0 aliphatic carbocycles. The minimum absolute atomic E-state index is 0.0124. The van der Waals surface area contributed by atoms with Crippen LogP contribution in [0.3, 0.4) is 0 Å². The van der Waals surface area contributed by atoms with Gasteiger partial charge in [0.25, 0.3) is 0 Å². The molecule has 0 aliphatic rings. The van der Waals surface area contributed by atoms with Crippen LogP contribution in [-0.4, -0.2) is 58.1 Å². The van der Waals surface area contributed by atoms with E-state index in [9.17, 15) is 19.2 Å². The molecule has 0 bridgehead atoms. The maximum absolute atomic E-state index is 11.7. The van der Waals surface area contributed by atoms with E-state index in [1.807, 2.05) is 0 Å². The predicted molar refractivity (Wildman–Crippen MR) is 67.9 cm³/mol. The number of amides is 3. The number of urea groups is 1. The molecule has 9 nitrogen and oxygen atoms in total. The monoisotopic (exact) mass is 289 g/mol. The van der Waals surface area contributed by atoms with Crippen LogP contribution in [0.4, 0.5) is 4.79 Å². The zero-order chi connectivity index (χ0) is 15.7. The van der Waals surface area contributed by atoms with Crippen LogP contribution in [0.15, 0.2) is 0 Å². The van der Waals surface area contributed by atoms with Crippen molar-refractivity contribution in [3.05, 3.63) is 0 Å². The summed E-state index contributed by atoms with van der Waals surface area (Å²) in [6.07, 6.45) is -0.0749. The number of hydrogen-bond acceptors (Lipinski definition) is 4. The molecule has 0 saturated carbocycles. The molecular weight excluding hydrogens is 270 g/mol. The smallest absolute Gasteiger partial charge is 0.326 e. The highest BCUT2D eigenvalue weighted by Gasteiger charge is 2.23. The molecule has 20 heavy (non-hydrogen) atoms. The van der Waals surface area contributed by atoms with Crippen molar-refractivity contribution in [3.63, 3.8) is 0 Å². The molecule has 0 heterocycles. The zero-order valence-corrected chi connectivity index (χ0v) is 11.2. The van der Waals surface area contributed by atoms with Gasteiger partial charge in [-0.1, -0.05) is 0 Å². The third-order valence-electron chi connectivity index (χ3n) is 2.49. The molecule has 0 aliphatic heterocycles. The lowest BCUT2D eigenvalue weighted by atomic mass is 10.1. The first kappa shape index (κ1) is 17.7. The number of rotatable bonds is 9. The number of carboxylic acid groups (broad SMARTS) is 2. The summed E-state index contributed by atoms with van der Waals surface area (Å²) in [4.78, 5) is 44.9. The lowest BCUT2D eigenvalue weighted by molar-refractivity contribution is -0.140. The van der Waals surface area contributed by atoms with E-state index < -0.39 is 29.9 Å². The number of carbonyl (C=O) groups excluding carboxylic acids is 2. The molecule has 0 spiro atoms. The van der Waals surface area contributed by atoms with E-state index >= 15 is 0 Å². The molecule has 114 valence electrons. The number of nitrogens with two attached hydrogens (primary N) is 1. The van der Waals surface area contributed by atoms with E-state index in [0.717, 1.165) is 4.90 Å². The highest BCUT2D eigenvalue weighted by atomic mass is 16.4. The lowest BCUT2D eigenvalue weighted by Gasteiger charge is -2.22. The Bertz CT molecular complexity index is 384. The number of nitrogens with one attached hydrogen (secondary N) is 1. The molecule has 0 saturated heterocycles. The lowest BCUT2D eigenvalue weighted by Crippen LogP contribution is -2.50. The van der Waals surface area contributed by atoms with Crippen molar-refractivity contribution in [1.29, 1.82) is 0 Å². The van der Waals surface area contributed by atoms with Crippen LogP contribution in [0.5, 0.6) is 0 Å². The molecule has 0 aromatic heterocycles. The second kappa shape index (κ2) is 8.73. The Balaban J connectivity index is 4.48. The van der Waals surface area contributed by atoms with Crippen molar-refractivity contribution >= 4 is 23.9 Å². The molecule has 5 N–H and O–H groups in total. The van der Waals surface area contributed by atoms with Gasteiger partial charge in [-0.2, -0.15) is 0 Å². The molecule has 0 aromatic rings. The predicted octanol–water partition coefficient (Wildman–Crippen LogP) is -0.789. The van der Waals surface area contributed by atoms with Crippen molar-refractivity contribution < 1.29 is 29.4 Å². The number of aliphatic carboxylic acids is 2. The van der Waals surface area contributed by atoms with Crippen LogP contribution in [-0.2, 0) is 14.4 Å². The summed E-state index contributed by atoms with van der Waals surface area (Å²) in [6.45, 7) is 1.49. The van der Waals surface area contributed by atoms with Crippen molar-refractivity contribution in [3.8, 4) is 0 Å². The number of hydrogen-bond donors (Lipinski definition) is 4. The third-order valence-corrected chi connectivity index (χ3v) is 2.49. The van der Waals surface area contributed by atoms with Crippen LogP contribution in [0.2, 0.25) is 0 Å². The molecule has 0 radical (unpaired) electrons.